The Morgan fingerprint density at radius 3 is 3.10 bits per heavy atom. The van der Waals surface area contributed by atoms with E-state index in [0.29, 0.717) is 0 Å². The zero-order valence-electron chi connectivity index (χ0n) is 6.69. The molecule has 1 aliphatic heterocycles. The molecule has 0 spiro atoms. The van der Waals surface area contributed by atoms with Crippen LogP contribution in [-0.4, -0.2) is 18.9 Å². The van der Waals surface area contributed by atoms with Crippen molar-refractivity contribution in [2.24, 2.45) is 4.99 Å². The highest BCUT2D eigenvalue weighted by Gasteiger charge is 2.00. The van der Waals surface area contributed by atoms with Crippen LogP contribution in [0.1, 0.15) is 32.6 Å². The molecule has 0 aromatic rings. The molecular formula is C8H16N2. The largest absolute Gasteiger partial charge is 0.374 e. The Bertz CT molecular complexity index is 118. The molecule has 0 aromatic heterocycles. The van der Waals surface area contributed by atoms with Gasteiger partial charge in [0.25, 0.3) is 0 Å². The second-order valence-corrected chi connectivity index (χ2v) is 2.67. The Labute approximate surface area is 62.7 Å². The molecule has 10 heavy (non-hydrogen) atoms. The molecule has 58 valence electrons. The minimum Gasteiger partial charge on any atom is -0.374 e. The Morgan fingerprint density at radius 2 is 2.30 bits per heavy atom. The SMILES string of the molecule is CCNC1=NCCCCC1. The van der Waals surface area contributed by atoms with Crippen LogP contribution in [0.3, 0.4) is 0 Å². The Hall–Kier alpha value is -0.530. The van der Waals surface area contributed by atoms with Crippen molar-refractivity contribution in [1.29, 1.82) is 0 Å². The van der Waals surface area contributed by atoms with Crippen molar-refractivity contribution in [3.8, 4) is 0 Å². The van der Waals surface area contributed by atoms with Crippen LogP contribution in [0, 0.1) is 0 Å². The van der Waals surface area contributed by atoms with Crippen molar-refractivity contribution in [2.75, 3.05) is 13.1 Å². The lowest BCUT2D eigenvalue weighted by molar-refractivity contribution is 0.729. The molecule has 1 heterocycles. The topological polar surface area (TPSA) is 24.4 Å². The van der Waals surface area contributed by atoms with Gasteiger partial charge in [-0.1, -0.05) is 6.42 Å². The summed E-state index contributed by atoms with van der Waals surface area (Å²) in [5.74, 6) is 1.22. The van der Waals surface area contributed by atoms with Crippen LogP contribution in [-0.2, 0) is 0 Å². The Kier molecular flexibility index (Phi) is 3.27. The average Bonchev–Trinajstić information content (AvgIpc) is 2.17. The number of rotatable bonds is 1. The van der Waals surface area contributed by atoms with Gasteiger partial charge < -0.3 is 5.32 Å². The third-order valence-corrected chi connectivity index (χ3v) is 1.76. The van der Waals surface area contributed by atoms with Gasteiger partial charge in [0.15, 0.2) is 0 Å². The molecule has 0 saturated carbocycles. The summed E-state index contributed by atoms with van der Waals surface area (Å²) in [4.78, 5) is 4.42. The molecule has 2 nitrogen and oxygen atoms in total. The molecule has 0 saturated heterocycles. The second-order valence-electron chi connectivity index (χ2n) is 2.67. The molecule has 0 amide bonds. The van der Waals surface area contributed by atoms with Crippen molar-refractivity contribution >= 4 is 5.84 Å². The first-order chi connectivity index (χ1) is 4.93. The minimum atomic E-state index is 1.01. The Balaban J connectivity index is 2.31. The van der Waals surface area contributed by atoms with E-state index in [-0.39, 0.29) is 0 Å². The maximum absolute atomic E-state index is 4.42. The van der Waals surface area contributed by atoms with Gasteiger partial charge in [-0.3, -0.25) is 4.99 Å². The smallest absolute Gasteiger partial charge is 0.0962 e. The average molecular weight is 140 g/mol. The highest BCUT2D eigenvalue weighted by Crippen LogP contribution is 2.05. The van der Waals surface area contributed by atoms with Gasteiger partial charge >= 0.3 is 0 Å². The fourth-order valence-electron chi connectivity index (χ4n) is 1.22. The highest BCUT2D eigenvalue weighted by molar-refractivity contribution is 5.82. The first-order valence-electron chi connectivity index (χ1n) is 4.20. The van der Waals surface area contributed by atoms with Gasteiger partial charge in [0.05, 0.1) is 5.84 Å². The number of hydrogen-bond acceptors (Lipinski definition) is 2. The third kappa shape index (κ3) is 2.38. The number of hydrogen-bond donors (Lipinski definition) is 1. The molecule has 0 bridgehead atoms. The normalized spacial score (nSPS) is 19.5. The van der Waals surface area contributed by atoms with E-state index in [1.165, 1.54) is 25.1 Å². The van der Waals surface area contributed by atoms with Gasteiger partial charge in [-0.2, -0.15) is 0 Å². The van der Waals surface area contributed by atoms with E-state index in [1.54, 1.807) is 0 Å². The van der Waals surface area contributed by atoms with Crippen LogP contribution in [0.5, 0.6) is 0 Å². The van der Waals surface area contributed by atoms with Crippen molar-refractivity contribution in [3.05, 3.63) is 0 Å². The Morgan fingerprint density at radius 1 is 1.40 bits per heavy atom. The molecule has 2 heteroatoms. The molecule has 1 rings (SSSR count). The lowest BCUT2D eigenvalue weighted by Gasteiger charge is -2.03. The molecule has 0 aliphatic carbocycles. The third-order valence-electron chi connectivity index (χ3n) is 1.76. The van der Waals surface area contributed by atoms with Gasteiger partial charge in [0.1, 0.15) is 0 Å². The van der Waals surface area contributed by atoms with Gasteiger partial charge in [0.2, 0.25) is 0 Å². The summed E-state index contributed by atoms with van der Waals surface area (Å²) in [5, 5.41) is 3.27. The molecule has 0 atom stereocenters. The van der Waals surface area contributed by atoms with Crippen molar-refractivity contribution in [2.45, 2.75) is 32.6 Å². The fraction of sp³-hybridized carbons (Fsp3) is 0.875. The van der Waals surface area contributed by atoms with Crippen LogP contribution in [0.15, 0.2) is 4.99 Å². The second kappa shape index (κ2) is 4.31. The molecule has 0 fully saturated rings. The summed E-state index contributed by atoms with van der Waals surface area (Å²) in [6.45, 7) is 4.16. The van der Waals surface area contributed by atoms with Crippen molar-refractivity contribution < 1.29 is 0 Å². The first kappa shape index (κ1) is 7.58. The van der Waals surface area contributed by atoms with Gasteiger partial charge in [0, 0.05) is 19.5 Å². The van der Waals surface area contributed by atoms with Gasteiger partial charge in [-0.05, 0) is 19.8 Å². The predicted octanol–water partition coefficient (Wildman–Crippen LogP) is 1.57. The number of amidine groups is 1. The molecule has 1 N–H and O–H groups in total. The molecular weight excluding hydrogens is 124 g/mol. The molecule has 0 aromatic carbocycles. The number of nitrogens with zero attached hydrogens (tertiary/aromatic N) is 1. The zero-order chi connectivity index (χ0) is 7.23. The van der Waals surface area contributed by atoms with E-state index in [9.17, 15) is 0 Å². The lowest BCUT2D eigenvalue weighted by Crippen LogP contribution is -2.22. The predicted molar refractivity (Wildman–Crippen MR) is 44.4 cm³/mol. The summed E-state index contributed by atoms with van der Waals surface area (Å²) in [6, 6.07) is 0. The molecule has 1 aliphatic rings. The van der Waals surface area contributed by atoms with E-state index in [4.69, 9.17) is 0 Å². The van der Waals surface area contributed by atoms with Gasteiger partial charge in [-0.25, -0.2) is 0 Å². The maximum Gasteiger partial charge on any atom is 0.0962 e. The van der Waals surface area contributed by atoms with Crippen LogP contribution in [0.4, 0.5) is 0 Å². The number of nitrogens with one attached hydrogen (secondary N) is 1. The van der Waals surface area contributed by atoms with Crippen molar-refractivity contribution in [3.63, 3.8) is 0 Å². The summed E-state index contributed by atoms with van der Waals surface area (Å²) in [7, 11) is 0. The van der Waals surface area contributed by atoms with E-state index < -0.39 is 0 Å². The minimum absolute atomic E-state index is 1.01. The van der Waals surface area contributed by atoms with Crippen LogP contribution < -0.4 is 5.32 Å². The molecule has 0 unspecified atom stereocenters. The standard InChI is InChI=1S/C8H16N2/c1-2-9-8-6-4-3-5-7-10-8/h2-7H2,1H3,(H,9,10). The quantitative estimate of drug-likeness (QED) is 0.587. The van der Waals surface area contributed by atoms with Crippen LogP contribution in [0.25, 0.3) is 0 Å². The summed E-state index contributed by atoms with van der Waals surface area (Å²) in [5.41, 5.74) is 0. The first-order valence-corrected chi connectivity index (χ1v) is 4.20. The van der Waals surface area contributed by atoms with E-state index in [1.807, 2.05) is 0 Å². The fourth-order valence-corrected chi connectivity index (χ4v) is 1.22. The number of aliphatic imine (C=N–C) groups is 1. The van der Waals surface area contributed by atoms with Crippen LogP contribution in [0.2, 0.25) is 0 Å². The van der Waals surface area contributed by atoms with E-state index in [0.717, 1.165) is 19.5 Å². The van der Waals surface area contributed by atoms with Crippen molar-refractivity contribution in [1.82, 2.24) is 5.32 Å². The van der Waals surface area contributed by atoms with E-state index >= 15 is 0 Å². The molecule has 0 radical (unpaired) electrons. The maximum atomic E-state index is 4.42. The highest BCUT2D eigenvalue weighted by atomic mass is 15.0. The lowest BCUT2D eigenvalue weighted by atomic mass is 10.2. The van der Waals surface area contributed by atoms with Gasteiger partial charge in [-0.15, -0.1) is 0 Å². The van der Waals surface area contributed by atoms with Crippen LogP contribution >= 0.6 is 0 Å². The summed E-state index contributed by atoms with van der Waals surface area (Å²) >= 11 is 0. The summed E-state index contributed by atoms with van der Waals surface area (Å²) in [6.07, 6.45) is 5.09. The summed E-state index contributed by atoms with van der Waals surface area (Å²) < 4.78 is 0. The monoisotopic (exact) mass is 140 g/mol. The zero-order valence-corrected chi connectivity index (χ0v) is 6.69. The van der Waals surface area contributed by atoms with E-state index in [2.05, 4.69) is 17.2 Å².